The molecular formula is C21H32N4O8P4S2+2. The van der Waals surface area contributed by atoms with Gasteiger partial charge in [-0.05, 0) is 54.1 Å². The summed E-state index contributed by atoms with van der Waals surface area (Å²) in [6, 6.07) is 14.1. The Bertz CT molecular complexity index is 1190. The van der Waals surface area contributed by atoms with Crippen molar-refractivity contribution in [2.24, 2.45) is 5.10 Å². The van der Waals surface area contributed by atoms with Gasteiger partial charge in [0.05, 0.1) is 13.3 Å². The summed E-state index contributed by atoms with van der Waals surface area (Å²) in [5.41, 5.74) is 1.42. The molecule has 0 aliphatic carbocycles. The highest BCUT2D eigenvalue weighted by Gasteiger charge is 2.32. The Balaban J connectivity index is 2.09. The van der Waals surface area contributed by atoms with Crippen LogP contribution in [0.2, 0.25) is 0 Å². The Morgan fingerprint density at radius 3 is 1.77 bits per heavy atom. The van der Waals surface area contributed by atoms with E-state index in [1.54, 1.807) is 54.3 Å². The maximum absolute atomic E-state index is 12.8. The van der Waals surface area contributed by atoms with Gasteiger partial charge in [-0.1, -0.05) is 4.78 Å². The summed E-state index contributed by atoms with van der Waals surface area (Å²) >= 11 is 10.6. The lowest BCUT2D eigenvalue weighted by Crippen LogP contribution is -2.27. The summed E-state index contributed by atoms with van der Waals surface area (Å²) in [5, 5.41) is 7.27. The molecule has 2 unspecified atom stereocenters. The lowest BCUT2D eigenvalue weighted by Gasteiger charge is -2.29. The standard InChI is InChI=1S/C21H32N4O8P4S2/c1-22-34(38)32-20-11-7-18(8-12-20)15-23-24(2)35(39)33-21-13-9-19(10-14-21)25(16-36(26,28-3)29-4)17-37(27,30-5)31-6/h7-15H,16-17H2,1-6H3,(H,22,38)/q+2/b23-15+. The van der Waals surface area contributed by atoms with E-state index in [9.17, 15) is 9.13 Å². The Morgan fingerprint density at radius 1 is 0.846 bits per heavy atom. The molecular weight excluding hydrogens is 624 g/mol. The van der Waals surface area contributed by atoms with Gasteiger partial charge in [-0.15, -0.1) is 10.2 Å². The van der Waals surface area contributed by atoms with Crippen LogP contribution in [0.5, 0.6) is 11.5 Å². The van der Waals surface area contributed by atoms with Crippen LogP contribution in [0, 0.1) is 0 Å². The van der Waals surface area contributed by atoms with Gasteiger partial charge in [-0.3, -0.25) is 18.2 Å². The van der Waals surface area contributed by atoms with Crippen LogP contribution in [0.3, 0.4) is 0 Å². The number of hydrogen-bond donors (Lipinski definition) is 1. The Hall–Kier alpha value is -1.39. The number of benzene rings is 2. The number of hydrazone groups is 1. The molecule has 0 fully saturated rings. The highest BCUT2D eigenvalue weighted by atomic mass is 32.4. The molecule has 2 aromatic rings. The fourth-order valence-electron chi connectivity index (χ4n) is 2.82. The molecule has 0 spiro atoms. The fourth-order valence-corrected chi connectivity index (χ4v) is 6.71. The minimum Gasteiger partial charge on any atom is -0.348 e. The Kier molecular flexibility index (Phi) is 14.0. The number of rotatable bonds is 17. The minimum absolute atomic E-state index is 0.181. The Morgan fingerprint density at radius 2 is 1.31 bits per heavy atom. The second-order valence-electron chi connectivity index (χ2n) is 7.47. The summed E-state index contributed by atoms with van der Waals surface area (Å²) in [4.78, 5) is 1.54. The molecule has 2 aromatic carbocycles. The highest BCUT2D eigenvalue weighted by molar-refractivity contribution is 8.02. The van der Waals surface area contributed by atoms with E-state index in [-0.39, 0.29) is 12.6 Å². The van der Waals surface area contributed by atoms with Crippen molar-refractivity contribution in [2.75, 3.05) is 60.0 Å². The van der Waals surface area contributed by atoms with Gasteiger partial charge in [-0.2, -0.15) is 0 Å². The molecule has 0 radical (unpaired) electrons. The maximum Gasteiger partial charge on any atom is 0.540 e. The topological polar surface area (TPSA) is 120 Å². The van der Waals surface area contributed by atoms with Crippen molar-refractivity contribution in [3.8, 4) is 11.5 Å². The molecule has 12 nitrogen and oxygen atoms in total. The van der Waals surface area contributed by atoms with Gasteiger partial charge < -0.3 is 23.0 Å². The largest absolute Gasteiger partial charge is 0.540 e. The van der Waals surface area contributed by atoms with Crippen LogP contribution in [0.25, 0.3) is 0 Å². The van der Waals surface area contributed by atoms with Gasteiger partial charge in [0.15, 0.2) is 11.5 Å². The van der Waals surface area contributed by atoms with Crippen molar-refractivity contribution in [1.82, 2.24) is 9.87 Å². The third-order valence-corrected chi connectivity index (χ3v) is 12.0. The molecule has 39 heavy (non-hydrogen) atoms. The molecule has 0 heterocycles. The van der Waals surface area contributed by atoms with Gasteiger partial charge in [0.25, 0.3) is 0 Å². The summed E-state index contributed by atoms with van der Waals surface area (Å²) in [5.74, 6) is 1.17. The molecule has 2 atom stereocenters. The SMILES string of the molecule is CN[P+](=S)Oc1ccc(/C=N/N(C)[P+](=S)Oc2ccc(N(CP(=O)(OC)OC)CP(=O)(OC)OC)cc2)cc1. The first-order chi connectivity index (χ1) is 18.5. The van der Waals surface area contributed by atoms with E-state index in [2.05, 4.69) is 10.2 Å². The molecule has 18 heteroatoms. The highest BCUT2D eigenvalue weighted by Crippen LogP contribution is 2.52. The molecule has 2 rings (SSSR count). The lowest BCUT2D eigenvalue weighted by molar-refractivity contribution is 0.270. The van der Waals surface area contributed by atoms with E-state index in [0.717, 1.165) is 5.56 Å². The van der Waals surface area contributed by atoms with E-state index < -0.39 is 29.3 Å². The van der Waals surface area contributed by atoms with Crippen molar-refractivity contribution >= 4 is 64.9 Å². The summed E-state index contributed by atoms with van der Waals surface area (Å²) in [6.07, 6.45) is 1.30. The van der Waals surface area contributed by atoms with E-state index in [4.69, 9.17) is 50.8 Å². The first-order valence-electron chi connectivity index (χ1n) is 11.1. The van der Waals surface area contributed by atoms with Crippen molar-refractivity contribution in [3.63, 3.8) is 0 Å². The first kappa shape index (κ1) is 33.8. The number of nitrogens with one attached hydrogen (secondary N) is 1. The van der Waals surface area contributed by atoms with Crippen LogP contribution in [-0.4, -0.2) is 66.1 Å². The van der Waals surface area contributed by atoms with Gasteiger partial charge in [-0.25, -0.2) is 0 Å². The molecule has 0 saturated heterocycles. The van der Waals surface area contributed by atoms with Crippen LogP contribution < -0.4 is 19.0 Å². The Labute approximate surface area is 241 Å². The van der Waals surface area contributed by atoms with Gasteiger partial charge in [0.1, 0.15) is 12.6 Å². The molecule has 0 aromatic heterocycles. The zero-order valence-corrected chi connectivity index (χ0v) is 27.5. The molecule has 0 amide bonds. The van der Waals surface area contributed by atoms with Crippen LogP contribution in [0.1, 0.15) is 5.56 Å². The lowest BCUT2D eigenvalue weighted by atomic mass is 10.2. The number of nitrogens with zero attached hydrogens (tertiary/aromatic N) is 3. The zero-order chi connectivity index (χ0) is 29.1. The normalized spacial score (nSPS) is 12.8. The second kappa shape index (κ2) is 16.2. The van der Waals surface area contributed by atoms with Crippen molar-refractivity contribution in [3.05, 3.63) is 54.1 Å². The van der Waals surface area contributed by atoms with E-state index >= 15 is 0 Å². The van der Waals surface area contributed by atoms with Gasteiger partial charge in [0.2, 0.25) is 23.6 Å². The third kappa shape index (κ3) is 10.8. The zero-order valence-electron chi connectivity index (χ0n) is 22.3. The predicted molar refractivity (Wildman–Crippen MR) is 163 cm³/mol. The quantitative estimate of drug-likeness (QED) is 0.124. The van der Waals surface area contributed by atoms with Crippen LogP contribution in [0.4, 0.5) is 5.69 Å². The summed E-state index contributed by atoms with van der Waals surface area (Å²) in [7, 11) is -1.03. The van der Waals surface area contributed by atoms with E-state index in [0.29, 0.717) is 17.2 Å². The van der Waals surface area contributed by atoms with Crippen molar-refractivity contribution in [2.45, 2.75) is 0 Å². The van der Waals surface area contributed by atoms with Crippen LogP contribution in [0.15, 0.2) is 53.6 Å². The molecule has 0 aliphatic rings. The molecule has 0 saturated carbocycles. The monoisotopic (exact) mass is 656 g/mol. The van der Waals surface area contributed by atoms with E-state index in [1.807, 2.05) is 24.3 Å². The predicted octanol–water partition coefficient (Wildman–Crippen LogP) is 5.87. The fraction of sp³-hybridized carbons (Fsp3) is 0.381. The first-order valence-corrected chi connectivity index (χ1v) is 19.1. The van der Waals surface area contributed by atoms with Gasteiger partial charge >= 0.3 is 29.3 Å². The summed E-state index contributed by atoms with van der Waals surface area (Å²) in [6.45, 7) is 0. The summed E-state index contributed by atoms with van der Waals surface area (Å²) < 4.78 is 58.8. The molecule has 1 N–H and O–H groups in total. The van der Waals surface area contributed by atoms with Crippen molar-refractivity contribution in [1.29, 1.82) is 0 Å². The van der Waals surface area contributed by atoms with Crippen molar-refractivity contribution < 1.29 is 36.3 Å². The smallest absolute Gasteiger partial charge is 0.348 e. The molecule has 0 bridgehead atoms. The number of hydrogen-bond acceptors (Lipinski definition) is 12. The average molecular weight is 657 g/mol. The minimum atomic E-state index is -3.49. The second-order valence-corrected chi connectivity index (χ2v) is 16.3. The molecule has 0 aliphatic heterocycles. The van der Waals surface area contributed by atoms with Crippen LogP contribution in [-0.2, 0) is 50.8 Å². The van der Waals surface area contributed by atoms with Gasteiger partial charge in [0, 0.05) is 41.2 Å². The third-order valence-electron chi connectivity index (χ3n) is 5.05. The maximum atomic E-state index is 12.8. The van der Waals surface area contributed by atoms with Crippen LogP contribution >= 0.6 is 29.3 Å². The number of anilines is 1. The molecule has 214 valence electrons. The van der Waals surface area contributed by atoms with E-state index in [1.165, 1.54) is 28.4 Å². The average Bonchev–Trinajstić information content (AvgIpc) is 2.96.